The molecule has 4 nitrogen and oxygen atoms in total. The van der Waals surface area contributed by atoms with Gasteiger partial charge < -0.3 is 10.1 Å². The molecule has 0 fully saturated rings. The minimum absolute atomic E-state index is 0.140. The number of carbonyl (C=O) groups excluding carboxylic acids is 2. The van der Waals surface area contributed by atoms with Crippen LogP contribution in [0.4, 0.5) is 5.69 Å². The molecule has 1 N–H and O–H groups in total. The first-order valence-electron chi connectivity index (χ1n) is 7.26. The van der Waals surface area contributed by atoms with E-state index in [2.05, 4.69) is 5.32 Å². The summed E-state index contributed by atoms with van der Waals surface area (Å²) in [5.74, 6) is -0.835. The topological polar surface area (TPSA) is 55.4 Å². The summed E-state index contributed by atoms with van der Waals surface area (Å²) in [5, 5.41) is 3.18. The summed E-state index contributed by atoms with van der Waals surface area (Å²) >= 11 is 5.86. The van der Waals surface area contributed by atoms with Crippen LogP contribution < -0.4 is 5.32 Å². The predicted molar refractivity (Wildman–Crippen MR) is 90.5 cm³/mol. The first kappa shape index (κ1) is 17.0. The van der Waals surface area contributed by atoms with Gasteiger partial charge in [-0.05, 0) is 43.2 Å². The quantitative estimate of drug-likeness (QED) is 0.849. The van der Waals surface area contributed by atoms with Crippen LogP contribution in [-0.2, 0) is 20.7 Å². The van der Waals surface area contributed by atoms with Gasteiger partial charge in [0.25, 0.3) is 5.91 Å². The summed E-state index contributed by atoms with van der Waals surface area (Å²) < 4.78 is 5.19. The van der Waals surface area contributed by atoms with Crippen LogP contribution in [-0.4, -0.2) is 18.0 Å². The van der Waals surface area contributed by atoms with E-state index in [1.54, 1.807) is 24.3 Å². The van der Waals surface area contributed by atoms with Gasteiger partial charge in [0.15, 0.2) is 6.10 Å². The van der Waals surface area contributed by atoms with Crippen LogP contribution in [0, 0.1) is 6.92 Å². The Kier molecular flexibility index (Phi) is 5.77. The highest BCUT2D eigenvalue weighted by Crippen LogP contribution is 2.15. The normalized spacial score (nSPS) is 11.6. The number of rotatable bonds is 5. The number of anilines is 1. The fourth-order valence-corrected chi connectivity index (χ4v) is 2.26. The molecular weight excluding hydrogens is 314 g/mol. The Bertz CT molecular complexity index is 715. The van der Waals surface area contributed by atoms with Gasteiger partial charge in [0.1, 0.15) is 0 Å². The van der Waals surface area contributed by atoms with Gasteiger partial charge in [0.05, 0.1) is 6.42 Å². The Morgan fingerprint density at radius 1 is 1.17 bits per heavy atom. The van der Waals surface area contributed by atoms with Crippen LogP contribution in [0.5, 0.6) is 0 Å². The van der Waals surface area contributed by atoms with Gasteiger partial charge in [-0.15, -0.1) is 0 Å². The highest BCUT2D eigenvalue weighted by atomic mass is 35.5. The molecule has 0 spiro atoms. The molecule has 1 atom stereocenters. The maximum absolute atomic E-state index is 12.0. The fourth-order valence-electron chi connectivity index (χ4n) is 2.07. The molecule has 2 aromatic carbocycles. The van der Waals surface area contributed by atoms with Crippen molar-refractivity contribution in [1.29, 1.82) is 0 Å². The van der Waals surface area contributed by atoms with Gasteiger partial charge in [0, 0.05) is 10.7 Å². The summed E-state index contributed by atoms with van der Waals surface area (Å²) in [5.41, 5.74) is 2.46. The number of nitrogens with one attached hydrogen (secondary N) is 1. The van der Waals surface area contributed by atoms with Crippen molar-refractivity contribution in [1.82, 2.24) is 0 Å². The van der Waals surface area contributed by atoms with E-state index in [9.17, 15) is 9.59 Å². The molecule has 2 aromatic rings. The van der Waals surface area contributed by atoms with Crippen LogP contribution in [0.1, 0.15) is 18.1 Å². The number of hydrogen-bond donors (Lipinski definition) is 1. The fraction of sp³-hybridized carbons (Fsp3) is 0.222. The smallest absolute Gasteiger partial charge is 0.311 e. The maximum Gasteiger partial charge on any atom is 0.311 e. The van der Waals surface area contributed by atoms with Crippen molar-refractivity contribution in [3.05, 3.63) is 64.7 Å². The van der Waals surface area contributed by atoms with E-state index < -0.39 is 18.0 Å². The lowest BCUT2D eigenvalue weighted by molar-refractivity contribution is -0.152. The molecule has 0 aliphatic heterocycles. The van der Waals surface area contributed by atoms with Crippen molar-refractivity contribution in [2.75, 3.05) is 5.32 Å². The van der Waals surface area contributed by atoms with Crippen molar-refractivity contribution in [3.63, 3.8) is 0 Å². The SMILES string of the molecule is Cc1ccccc1CC(=O)O[C@@H](C)C(=O)Nc1cccc(Cl)c1. The number of halogens is 1. The zero-order chi connectivity index (χ0) is 16.8. The minimum atomic E-state index is -0.884. The first-order valence-corrected chi connectivity index (χ1v) is 7.64. The Morgan fingerprint density at radius 3 is 2.61 bits per heavy atom. The Balaban J connectivity index is 1.90. The van der Waals surface area contributed by atoms with Crippen molar-refractivity contribution in [2.24, 2.45) is 0 Å². The van der Waals surface area contributed by atoms with Crippen LogP contribution >= 0.6 is 11.6 Å². The predicted octanol–water partition coefficient (Wildman–Crippen LogP) is 3.76. The molecular formula is C18H18ClNO3. The first-order chi connectivity index (χ1) is 11.0. The van der Waals surface area contributed by atoms with E-state index in [4.69, 9.17) is 16.3 Å². The van der Waals surface area contributed by atoms with E-state index in [1.165, 1.54) is 6.92 Å². The molecule has 0 heterocycles. The van der Waals surface area contributed by atoms with E-state index in [-0.39, 0.29) is 6.42 Å². The highest BCUT2D eigenvalue weighted by molar-refractivity contribution is 6.30. The zero-order valence-corrected chi connectivity index (χ0v) is 13.8. The van der Waals surface area contributed by atoms with E-state index in [1.807, 2.05) is 31.2 Å². The van der Waals surface area contributed by atoms with Gasteiger partial charge in [0.2, 0.25) is 0 Å². The second-order valence-electron chi connectivity index (χ2n) is 5.23. The number of carbonyl (C=O) groups is 2. The van der Waals surface area contributed by atoms with E-state index in [0.717, 1.165) is 11.1 Å². The summed E-state index contributed by atoms with van der Waals surface area (Å²) in [6.45, 7) is 3.47. The van der Waals surface area contributed by atoms with E-state index >= 15 is 0 Å². The zero-order valence-electron chi connectivity index (χ0n) is 13.0. The lowest BCUT2D eigenvalue weighted by atomic mass is 10.1. The summed E-state index contributed by atoms with van der Waals surface area (Å²) in [4.78, 5) is 24.0. The number of hydrogen-bond acceptors (Lipinski definition) is 3. The van der Waals surface area contributed by atoms with Crippen LogP contribution in [0.15, 0.2) is 48.5 Å². The Morgan fingerprint density at radius 2 is 1.91 bits per heavy atom. The number of benzene rings is 2. The summed E-state index contributed by atoms with van der Waals surface area (Å²) in [7, 11) is 0. The van der Waals surface area contributed by atoms with Gasteiger partial charge >= 0.3 is 5.97 Å². The minimum Gasteiger partial charge on any atom is -0.452 e. The molecule has 0 unspecified atom stereocenters. The van der Waals surface area contributed by atoms with Crippen LogP contribution in [0.2, 0.25) is 5.02 Å². The van der Waals surface area contributed by atoms with Gasteiger partial charge in [-0.25, -0.2) is 0 Å². The van der Waals surface area contributed by atoms with E-state index in [0.29, 0.717) is 10.7 Å². The van der Waals surface area contributed by atoms with Crippen molar-refractivity contribution in [2.45, 2.75) is 26.4 Å². The van der Waals surface area contributed by atoms with Gasteiger partial charge in [-0.3, -0.25) is 9.59 Å². The van der Waals surface area contributed by atoms with Gasteiger partial charge in [-0.2, -0.15) is 0 Å². The lowest BCUT2D eigenvalue weighted by Gasteiger charge is -2.14. The number of aryl methyl sites for hydroxylation is 1. The second kappa shape index (κ2) is 7.79. The molecule has 0 aromatic heterocycles. The third-order valence-corrected chi connectivity index (χ3v) is 3.60. The summed E-state index contributed by atoms with van der Waals surface area (Å²) in [6, 6.07) is 14.4. The second-order valence-corrected chi connectivity index (χ2v) is 5.67. The molecule has 0 aliphatic rings. The highest BCUT2D eigenvalue weighted by Gasteiger charge is 2.18. The molecule has 0 radical (unpaired) electrons. The summed E-state index contributed by atoms with van der Waals surface area (Å²) in [6.07, 6.45) is -0.743. The van der Waals surface area contributed by atoms with Crippen molar-refractivity contribution < 1.29 is 14.3 Å². The monoisotopic (exact) mass is 331 g/mol. The molecule has 5 heteroatoms. The standard InChI is InChI=1S/C18H18ClNO3/c1-12-6-3-4-7-14(12)10-17(21)23-13(2)18(22)20-16-9-5-8-15(19)11-16/h3-9,11,13H,10H2,1-2H3,(H,20,22)/t13-/m0/s1. The number of ether oxygens (including phenoxy) is 1. The molecule has 1 amide bonds. The van der Waals surface area contributed by atoms with Crippen molar-refractivity contribution >= 4 is 29.2 Å². The Hall–Kier alpha value is -2.33. The van der Waals surface area contributed by atoms with Gasteiger partial charge in [-0.1, -0.05) is 41.9 Å². The number of amides is 1. The molecule has 0 saturated carbocycles. The third-order valence-electron chi connectivity index (χ3n) is 3.37. The Labute approximate surface area is 140 Å². The lowest BCUT2D eigenvalue weighted by Crippen LogP contribution is -2.30. The molecule has 0 saturated heterocycles. The molecule has 0 aliphatic carbocycles. The van der Waals surface area contributed by atoms with Crippen LogP contribution in [0.25, 0.3) is 0 Å². The average Bonchev–Trinajstić information content (AvgIpc) is 2.49. The molecule has 23 heavy (non-hydrogen) atoms. The number of esters is 1. The molecule has 0 bridgehead atoms. The molecule has 2 rings (SSSR count). The van der Waals surface area contributed by atoms with Crippen LogP contribution in [0.3, 0.4) is 0 Å². The largest absolute Gasteiger partial charge is 0.452 e. The van der Waals surface area contributed by atoms with Crippen molar-refractivity contribution in [3.8, 4) is 0 Å². The maximum atomic E-state index is 12.0. The molecule has 120 valence electrons. The third kappa shape index (κ3) is 5.11. The average molecular weight is 332 g/mol.